The minimum atomic E-state index is -3.31. The van der Waals surface area contributed by atoms with Crippen LogP contribution in [0.25, 0.3) is 0 Å². The molecule has 1 aromatic rings. The van der Waals surface area contributed by atoms with Crippen LogP contribution >= 0.6 is 7.37 Å². The lowest BCUT2D eigenvalue weighted by Gasteiger charge is -2.35. The maximum Gasteiger partial charge on any atom is 0.312 e. The number of carbonyl (C=O) groups is 1. The highest BCUT2D eigenvalue weighted by molar-refractivity contribution is 7.61. The number of ether oxygens (including phenoxy) is 1. The number of benzene rings is 1. The SMILES string of the molecule is CCOC(=O)C(C)(C)C[P@](=O)(Oc1cccc(F)c1)C(C)(C)C. The first-order valence-corrected chi connectivity index (χ1v) is 9.44. The van der Waals surface area contributed by atoms with Crippen LogP contribution in [0.2, 0.25) is 0 Å². The van der Waals surface area contributed by atoms with E-state index < -0.39 is 29.7 Å². The fourth-order valence-electron chi connectivity index (χ4n) is 2.01. The minimum Gasteiger partial charge on any atom is -0.466 e. The van der Waals surface area contributed by atoms with Gasteiger partial charge < -0.3 is 9.26 Å². The van der Waals surface area contributed by atoms with Gasteiger partial charge in [0, 0.05) is 11.2 Å². The molecule has 6 heteroatoms. The molecular formula is C17H26FO4P. The van der Waals surface area contributed by atoms with Crippen LogP contribution in [0.1, 0.15) is 41.5 Å². The molecule has 0 amide bonds. The monoisotopic (exact) mass is 344 g/mol. The maximum atomic E-state index is 13.5. The zero-order chi connectivity index (χ0) is 17.9. The van der Waals surface area contributed by atoms with Gasteiger partial charge in [0.05, 0.1) is 18.2 Å². The smallest absolute Gasteiger partial charge is 0.312 e. The van der Waals surface area contributed by atoms with Crippen molar-refractivity contribution in [3.63, 3.8) is 0 Å². The van der Waals surface area contributed by atoms with Crippen molar-refractivity contribution in [2.75, 3.05) is 12.8 Å². The molecule has 1 rings (SSSR count). The Morgan fingerprint density at radius 1 is 1.22 bits per heavy atom. The fraction of sp³-hybridized carbons (Fsp3) is 0.588. The normalized spacial score (nSPS) is 14.9. The molecule has 0 aromatic heterocycles. The Kier molecular flexibility index (Phi) is 6.03. The summed E-state index contributed by atoms with van der Waals surface area (Å²) in [7, 11) is -3.31. The Bertz CT molecular complexity index is 605. The van der Waals surface area contributed by atoms with Gasteiger partial charge in [-0.3, -0.25) is 9.36 Å². The lowest BCUT2D eigenvalue weighted by Crippen LogP contribution is -2.35. The van der Waals surface area contributed by atoms with E-state index in [2.05, 4.69) is 0 Å². The van der Waals surface area contributed by atoms with Gasteiger partial charge in [0.1, 0.15) is 11.6 Å². The Morgan fingerprint density at radius 3 is 2.30 bits per heavy atom. The molecule has 0 aliphatic rings. The van der Waals surface area contributed by atoms with E-state index in [0.29, 0.717) is 0 Å². The molecule has 0 aliphatic carbocycles. The summed E-state index contributed by atoms with van der Waals surface area (Å²) in [5.41, 5.74) is -0.966. The highest BCUT2D eigenvalue weighted by Crippen LogP contribution is 2.61. The van der Waals surface area contributed by atoms with Gasteiger partial charge >= 0.3 is 5.97 Å². The maximum absolute atomic E-state index is 13.5. The molecule has 0 N–H and O–H groups in total. The molecule has 4 nitrogen and oxygen atoms in total. The Hall–Kier alpha value is -1.35. The van der Waals surface area contributed by atoms with Crippen molar-refractivity contribution in [2.24, 2.45) is 5.41 Å². The second-order valence-electron chi connectivity index (χ2n) is 7.16. The molecule has 0 fully saturated rings. The van der Waals surface area contributed by atoms with E-state index in [0.717, 1.165) is 0 Å². The number of carbonyl (C=O) groups excluding carboxylic acids is 1. The topological polar surface area (TPSA) is 52.6 Å². The van der Waals surface area contributed by atoms with Crippen molar-refractivity contribution >= 4 is 13.3 Å². The van der Waals surface area contributed by atoms with Gasteiger partial charge in [0.15, 0.2) is 0 Å². The molecule has 0 spiro atoms. The zero-order valence-corrected chi connectivity index (χ0v) is 15.6. The van der Waals surface area contributed by atoms with Crippen LogP contribution in [0.15, 0.2) is 24.3 Å². The lowest BCUT2D eigenvalue weighted by molar-refractivity contribution is -0.152. The third kappa shape index (κ3) is 5.07. The molecule has 0 bridgehead atoms. The Morgan fingerprint density at radius 2 is 1.83 bits per heavy atom. The zero-order valence-electron chi connectivity index (χ0n) is 14.7. The van der Waals surface area contributed by atoms with Crippen LogP contribution in [0.4, 0.5) is 4.39 Å². The summed E-state index contributed by atoms with van der Waals surface area (Å²) in [4.78, 5) is 12.1. The van der Waals surface area contributed by atoms with E-state index in [1.165, 1.54) is 18.2 Å². The number of esters is 1. The van der Waals surface area contributed by atoms with Gasteiger partial charge in [0.25, 0.3) is 7.37 Å². The Labute approximate surface area is 137 Å². The highest BCUT2D eigenvalue weighted by atomic mass is 31.2. The summed E-state index contributed by atoms with van der Waals surface area (Å²) >= 11 is 0. The van der Waals surface area contributed by atoms with Crippen molar-refractivity contribution < 1.29 is 23.0 Å². The second-order valence-corrected chi connectivity index (χ2v) is 10.3. The molecule has 1 atom stereocenters. The van der Waals surface area contributed by atoms with Gasteiger partial charge in [-0.2, -0.15) is 0 Å². The molecule has 0 unspecified atom stereocenters. The third-order valence-corrected chi connectivity index (χ3v) is 7.26. The van der Waals surface area contributed by atoms with Gasteiger partial charge in [0.2, 0.25) is 0 Å². The summed E-state index contributed by atoms with van der Waals surface area (Å²) in [6.45, 7) is 10.7. The standard InChI is InChI=1S/C17H26FO4P/c1-7-21-15(19)17(5,6)12-23(20,16(2,3)4)22-14-10-8-9-13(18)11-14/h8-11H,7,12H2,1-6H3/t23-/m0/s1. The largest absolute Gasteiger partial charge is 0.466 e. The van der Waals surface area contributed by atoms with Crippen LogP contribution < -0.4 is 4.52 Å². The van der Waals surface area contributed by atoms with E-state index in [-0.39, 0.29) is 18.5 Å². The molecule has 0 heterocycles. The fourth-order valence-corrected chi connectivity index (χ4v) is 4.45. The van der Waals surface area contributed by atoms with Crippen molar-refractivity contribution in [1.29, 1.82) is 0 Å². The quantitative estimate of drug-likeness (QED) is 0.546. The average Bonchev–Trinajstić information content (AvgIpc) is 2.36. The van der Waals surface area contributed by atoms with E-state index >= 15 is 0 Å². The van der Waals surface area contributed by atoms with Gasteiger partial charge in [-0.05, 0) is 32.9 Å². The number of rotatable bonds is 6. The van der Waals surface area contributed by atoms with Crippen LogP contribution in [0, 0.1) is 11.2 Å². The van der Waals surface area contributed by atoms with E-state index in [1.54, 1.807) is 47.6 Å². The minimum absolute atomic E-state index is 0.0127. The van der Waals surface area contributed by atoms with Crippen LogP contribution in [-0.4, -0.2) is 23.9 Å². The second kappa shape index (κ2) is 7.04. The van der Waals surface area contributed by atoms with Crippen LogP contribution in [0.5, 0.6) is 5.75 Å². The molecule has 130 valence electrons. The number of hydrogen-bond acceptors (Lipinski definition) is 4. The highest BCUT2D eigenvalue weighted by Gasteiger charge is 2.46. The summed E-state index contributed by atoms with van der Waals surface area (Å²) in [5, 5.41) is -0.705. The molecule has 1 aromatic carbocycles. The van der Waals surface area contributed by atoms with E-state index in [1.807, 2.05) is 0 Å². The van der Waals surface area contributed by atoms with E-state index in [4.69, 9.17) is 9.26 Å². The van der Waals surface area contributed by atoms with Gasteiger partial charge in [-0.25, -0.2) is 4.39 Å². The Balaban J connectivity index is 3.14. The molecule has 23 heavy (non-hydrogen) atoms. The van der Waals surface area contributed by atoms with Crippen molar-refractivity contribution in [3.05, 3.63) is 30.1 Å². The van der Waals surface area contributed by atoms with Crippen LogP contribution in [-0.2, 0) is 14.1 Å². The first kappa shape index (κ1) is 19.7. The first-order chi connectivity index (χ1) is 10.4. The van der Waals surface area contributed by atoms with E-state index in [9.17, 15) is 13.8 Å². The lowest BCUT2D eigenvalue weighted by atomic mass is 9.97. The molecule has 0 aliphatic heterocycles. The van der Waals surface area contributed by atoms with Gasteiger partial charge in [-0.1, -0.05) is 26.8 Å². The van der Waals surface area contributed by atoms with Crippen molar-refractivity contribution in [2.45, 2.75) is 46.7 Å². The molecule has 0 radical (unpaired) electrons. The predicted octanol–water partition coefficient (Wildman–Crippen LogP) is 4.87. The third-order valence-electron chi connectivity index (χ3n) is 3.50. The van der Waals surface area contributed by atoms with Crippen LogP contribution in [0.3, 0.4) is 0 Å². The number of hydrogen-bond donors (Lipinski definition) is 0. The molecule has 0 saturated carbocycles. The predicted molar refractivity (Wildman–Crippen MR) is 89.7 cm³/mol. The van der Waals surface area contributed by atoms with Crippen molar-refractivity contribution in [1.82, 2.24) is 0 Å². The summed E-state index contributed by atoms with van der Waals surface area (Å²) in [6, 6.07) is 5.53. The van der Waals surface area contributed by atoms with Crippen molar-refractivity contribution in [3.8, 4) is 5.75 Å². The number of halogens is 1. The summed E-state index contributed by atoms with van der Waals surface area (Å²) in [6.07, 6.45) is 0.0127. The summed E-state index contributed by atoms with van der Waals surface area (Å²) in [5.74, 6) is -0.692. The average molecular weight is 344 g/mol. The summed E-state index contributed by atoms with van der Waals surface area (Å²) < 4.78 is 37.6. The molecule has 0 saturated heterocycles. The first-order valence-electron chi connectivity index (χ1n) is 7.63. The molecular weight excluding hydrogens is 318 g/mol. The van der Waals surface area contributed by atoms with Gasteiger partial charge in [-0.15, -0.1) is 0 Å².